The number of halogens is 1. The molecule has 1 unspecified atom stereocenters. The fourth-order valence-corrected chi connectivity index (χ4v) is 3.40. The maximum Gasteiger partial charge on any atom is 0.234 e. The minimum absolute atomic E-state index is 0. The van der Waals surface area contributed by atoms with Crippen molar-refractivity contribution in [1.82, 2.24) is 35.1 Å². The Kier molecular flexibility index (Phi) is 12.2. The van der Waals surface area contributed by atoms with Gasteiger partial charge in [0.25, 0.3) is 0 Å². The van der Waals surface area contributed by atoms with Crippen molar-refractivity contribution in [2.24, 2.45) is 12.0 Å². The van der Waals surface area contributed by atoms with Crippen LogP contribution in [0.4, 0.5) is 0 Å². The summed E-state index contributed by atoms with van der Waals surface area (Å²) in [5.41, 5.74) is 1.17. The van der Waals surface area contributed by atoms with E-state index in [1.807, 2.05) is 31.2 Å². The number of nitrogens with zero attached hydrogens (tertiary/aromatic N) is 6. The summed E-state index contributed by atoms with van der Waals surface area (Å²) in [5, 5.41) is 10.7. The van der Waals surface area contributed by atoms with Gasteiger partial charge in [0.05, 0.1) is 25.4 Å². The molecule has 1 aliphatic heterocycles. The smallest absolute Gasteiger partial charge is 0.234 e. The van der Waals surface area contributed by atoms with Crippen LogP contribution < -0.4 is 10.6 Å². The van der Waals surface area contributed by atoms with Gasteiger partial charge in [0.2, 0.25) is 5.91 Å². The summed E-state index contributed by atoms with van der Waals surface area (Å²) in [6.45, 7) is 5.59. The number of likely N-dealkylation sites (N-methyl/N-ethyl adjacent to an activating group) is 1. The largest absolute Gasteiger partial charge is 0.383 e. The first-order valence-corrected chi connectivity index (χ1v) is 10.0. The van der Waals surface area contributed by atoms with E-state index in [2.05, 4.69) is 49.5 Å². The van der Waals surface area contributed by atoms with E-state index in [1.165, 1.54) is 5.56 Å². The Hall–Kier alpha value is -1.44. The molecule has 11 heteroatoms. The summed E-state index contributed by atoms with van der Waals surface area (Å²) in [4.78, 5) is 23.0. The zero-order valence-corrected chi connectivity index (χ0v) is 21.1. The highest BCUT2D eigenvalue weighted by atomic mass is 127. The topological polar surface area (TPSA) is 90.3 Å². The summed E-state index contributed by atoms with van der Waals surface area (Å²) in [6.07, 6.45) is 3.96. The monoisotopic (exact) mass is 536 g/mol. The number of amides is 1. The molecule has 0 saturated carbocycles. The number of piperazine rings is 1. The molecule has 0 aromatic carbocycles. The fraction of sp³-hybridized carbons (Fsp3) is 0.737. The highest BCUT2D eigenvalue weighted by Gasteiger charge is 2.22. The van der Waals surface area contributed by atoms with Gasteiger partial charge in [0.1, 0.15) is 0 Å². The normalized spacial score (nSPS) is 16.3. The van der Waals surface area contributed by atoms with Gasteiger partial charge in [-0.25, -0.2) is 0 Å². The molecule has 2 N–H and O–H groups in total. The second-order valence-electron chi connectivity index (χ2n) is 7.46. The molecule has 0 bridgehead atoms. The number of carbonyl (C=O) groups is 1. The Morgan fingerprint density at radius 3 is 2.53 bits per heavy atom. The average molecular weight is 536 g/mol. The van der Waals surface area contributed by atoms with Crippen molar-refractivity contribution in [3.8, 4) is 0 Å². The van der Waals surface area contributed by atoms with Crippen LogP contribution in [0.3, 0.4) is 0 Å². The van der Waals surface area contributed by atoms with Gasteiger partial charge in [0.15, 0.2) is 5.96 Å². The molecule has 1 aromatic rings. The molecule has 1 saturated heterocycles. The maximum atomic E-state index is 12.0. The third kappa shape index (κ3) is 8.36. The van der Waals surface area contributed by atoms with Crippen molar-refractivity contribution in [2.75, 3.05) is 80.7 Å². The number of aromatic nitrogens is 2. The summed E-state index contributed by atoms with van der Waals surface area (Å²) in [5.74, 6) is 0.938. The number of hydrogen-bond donors (Lipinski definition) is 2. The molecule has 30 heavy (non-hydrogen) atoms. The molecule has 1 fully saturated rings. The average Bonchev–Trinajstić information content (AvgIpc) is 3.12. The molecule has 0 spiro atoms. The summed E-state index contributed by atoms with van der Waals surface area (Å²) < 4.78 is 6.78. The number of hydrogen-bond acceptors (Lipinski definition) is 6. The highest BCUT2D eigenvalue weighted by Crippen LogP contribution is 2.16. The summed E-state index contributed by atoms with van der Waals surface area (Å²) in [7, 11) is 9.51. The van der Waals surface area contributed by atoms with Gasteiger partial charge in [-0.05, 0) is 14.1 Å². The molecule has 0 radical (unpaired) electrons. The van der Waals surface area contributed by atoms with Crippen LogP contribution in [0.25, 0.3) is 0 Å². The van der Waals surface area contributed by atoms with Crippen LogP contribution in [0.2, 0.25) is 0 Å². The van der Waals surface area contributed by atoms with E-state index in [-0.39, 0.29) is 35.9 Å². The molecule has 1 aliphatic rings. The van der Waals surface area contributed by atoms with E-state index in [0.29, 0.717) is 19.7 Å². The minimum atomic E-state index is 0. The number of rotatable bonds is 9. The molecular formula is C19H37IN8O2. The fourth-order valence-electron chi connectivity index (χ4n) is 3.40. The van der Waals surface area contributed by atoms with Crippen molar-refractivity contribution in [3.05, 3.63) is 18.0 Å². The van der Waals surface area contributed by atoms with Crippen LogP contribution in [-0.4, -0.2) is 117 Å². The maximum absolute atomic E-state index is 12.0. The van der Waals surface area contributed by atoms with E-state index >= 15 is 0 Å². The van der Waals surface area contributed by atoms with E-state index in [9.17, 15) is 4.79 Å². The molecule has 1 amide bonds. The van der Waals surface area contributed by atoms with Crippen LogP contribution in [0.5, 0.6) is 0 Å². The molecule has 0 aliphatic carbocycles. The Morgan fingerprint density at radius 1 is 1.30 bits per heavy atom. The zero-order valence-electron chi connectivity index (χ0n) is 18.8. The van der Waals surface area contributed by atoms with Gasteiger partial charge >= 0.3 is 0 Å². The first-order chi connectivity index (χ1) is 13.9. The number of nitrogens with one attached hydrogen (secondary N) is 2. The summed E-state index contributed by atoms with van der Waals surface area (Å²) in [6, 6.07) is 0.206. The van der Waals surface area contributed by atoms with E-state index in [4.69, 9.17) is 4.74 Å². The lowest BCUT2D eigenvalue weighted by Crippen LogP contribution is -2.54. The lowest BCUT2D eigenvalue weighted by atomic mass is 10.1. The van der Waals surface area contributed by atoms with Crippen LogP contribution in [0.1, 0.15) is 11.6 Å². The first-order valence-electron chi connectivity index (χ1n) is 10.0. The SMILES string of the molecule is CN=C(NCC(c1cnn(C)c1)N(C)C)N1CCN(CC(=O)NCCOC)CC1.I. The standard InChI is InChI=1S/C19H36N8O2.HI/c1-20-19(22-13-17(24(2)3)16-12-23-25(4)14-16)27-9-7-26(8-10-27)15-18(28)21-6-11-29-5;/h12,14,17H,6-11,13,15H2,1-5H3,(H,20,22)(H,21,28);1H. The third-order valence-corrected chi connectivity index (χ3v) is 5.07. The minimum Gasteiger partial charge on any atom is -0.383 e. The van der Waals surface area contributed by atoms with Crippen LogP contribution in [0, 0.1) is 0 Å². The molecule has 2 rings (SSSR count). The number of methoxy groups -OCH3 is 1. The Bertz CT molecular complexity index is 659. The Balaban J connectivity index is 0.00000450. The van der Waals surface area contributed by atoms with Gasteiger partial charge in [-0.2, -0.15) is 5.10 Å². The van der Waals surface area contributed by atoms with E-state index in [0.717, 1.165) is 38.7 Å². The van der Waals surface area contributed by atoms with Gasteiger partial charge in [-0.3, -0.25) is 19.4 Å². The molecule has 10 nitrogen and oxygen atoms in total. The van der Waals surface area contributed by atoms with E-state index in [1.54, 1.807) is 7.11 Å². The number of carbonyl (C=O) groups excluding carboxylic acids is 1. The second-order valence-corrected chi connectivity index (χ2v) is 7.46. The summed E-state index contributed by atoms with van der Waals surface area (Å²) >= 11 is 0. The van der Waals surface area contributed by atoms with Gasteiger partial charge < -0.3 is 25.2 Å². The van der Waals surface area contributed by atoms with Crippen molar-refractivity contribution in [3.63, 3.8) is 0 Å². The van der Waals surface area contributed by atoms with E-state index < -0.39 is 0 Å². The molecule has 2 heterocycles. The van der Waals surface area contributed by atoms with Crippen molar-refractivity contribution < 1.29 is 9.53 Å². The lowest BCUT2D eigenvalue weighted by molar-refractivity contribution is -0.122. The molecule has 1 aromatic heterocycles. The Morgan fingerprint density at radius 2 is 2.00 bits per heavy atom. The number of guanidine groups is 1. The molecule has 172 valence electrons. The van der Waals surface area contributed by atoms with Crippen LogP contribution in [0.15, 0.2) is 17.4 Å². The predicted molar refractivity (Wildman–Crippen MR) is 129 cm³/mol. The van der Waals surface area contributed by atoms with Crippen LogP contribution >= 0.6 is 24.0 Å². The van der Waals surface area contributed by atoms with Gasteiger partial charge in [-0.1, -0.05) is 0 Å². The molecular weight excluding hydrogens is 499 g/mol. The lowest BCUT2D eigenvalue weighted by Gasteiger charge is -2.36. The van der Waals surface area contributed by atoms with Crippen molar-refractivity contribution >= 4 is 35.8 Å². The number of aryl methyl sites for hydroxylation is 1. The van der Waals surface area contributed by atoms with Crippen LogP contribution in [-0.2, 0) is 16.6 Å². The van der Waals surface area contributed by atoms with Gasteiger partial charge in [-0.15, -0.1) is 24.0 Å². The van der Waals surface area contributed by atoms with Gasteiger partial charge in [0, 0.05) is 72.2 Å². The van der Waals surface area contributed by atoms with Crippen molar-refractivity contribution in [2.45, 2.75) is 6.04 Å². The predicted octanol–water partition coefficient (Wildman–Crippen LogP) is -0.404. The Labute approximate surface area is 197 Å². The molecule has 1 atom stereocenters. The highest BCUT2D eigenvalue weighted by molar-refractivity contribution is 14.0. The second kappa shape index (κ2) is 13.8. The number of aliphatic imine (C=N–C) groups is 1. The first kappa shape index (κ1) is 26.6. The third-order valence-electron chi connectivity index (χ3n) is 5.07. The quantitative estimate of drug-likeness (QED) is 0.192. The number of ether oxygens (including phenoxy) is 1. The zero-order chi connectivity index (χ0) is 21.2. The van der Waals surface area contributed by atoms with Crippen molar-refractivity contribution in [1.29, 1.82) is 0 Å².